The van der Waals surface area contributed by atoms with Crippen molar-refractivity contribution in [1.29, 1.82) is 0 Å². The number of carbonyl (C=O) groups is 3. The standard InChI is InChI=1S/C27H36N4O7S/c1-5-20(22(32)25(34)31-23(28)19-14-10-7-11-15-19)29-24(33)21(30-26(35)38-27(2,3)4)17-39(36,37)16-18-12-8-6-9-13-18/h6-15,20-22,32H,5,16-17H2,1-4H3,(H,29,33)(H,30,35)(H2,28,31,34)/t20?,21-,22?/m0/s1. The molecule has 3 atom stereocenters. The monoisotopic (exact) mass is 560 g/mol. The molecule has 0 saturated carbocycles. The van der Waals surface area contributed by atoms with Crippen molar-refractivity contribution in [1.82, 2.24) is 10.6 Å². The van der Waals surface area contributed by atoms with E-state index in [0.29, 0.717) is 11.1 Å². The zero-order valence-electron chi connectivity index (χ0n) is 22.5. The molecule has 0 saturated heterocycles. The molecule has 0 radical (unpaired) electrons. The summed E-state index contributed by atoms with van der Waals surface area (Å²) < 4.78 is 31.0. The molecule has 39 heavy (non-hydrogen) atoms. The molecule has 2 aromatic rings. The van der Waals surface area contributed by atoms with Gasteiger partial charge in [-0.05, 0) is 32.8 Å². The van der Waals surface area contributed by atoms with Crippen molar-refractivity contribution in [3.8, 4) is 0 Å². The molecule has 0 fully saturated rings. The highest BCUT2D eigenvalue weighted by Gasteiger charge is 2.33. The number of nitrogens with one attached hydrogen (secondary N) is 2. The van der Waals surface area contributed by atoms with Crippen LogP contribution in [0.1, 0.15) is 45.2 Å². The van der Waals surface area contributed by atoms with E-state index in [9.17, 15) is 27.9 Å². The molecule has 0 aliphatic carbocycles. The summed E-state index contributed by atoms with van der Waals surface area (Å²) in [6, 6.07) is 14.1. The number of hydrogen-bond acceptors (Lipinski definition) is 7. The van der Waals surface area contributed by atoms with Gasteiger partial charge >= 0.3 is 6.09 Å². The molecule has 2 aromatic carbocycles. The minimum atomic E-state index is -3.89. The van der Waals surface area contributed by atoms with Gasteiger partial charge in [-0.2, -0.15) is 4.99 Å². The smallest absolute Gasteiger partial charge is 0.408 e. The Morgan fingerprint density at radius 3 is 2.10 bits per heavy atom. The van der Waals surface area contributed by atoms with Gasteiger partial charge in [0.15, 0.2) is 15.9 Å². The number of nitrogens with zero attached hydrogens (tertiary/aromatic N) is 1. The van der Waals surface area contributed by atoms with E-state index in [4.69, 9.17) is 10.5 Å². The third-order valence-corrected chi connectivity index (χ3v) is 6.97. The van der Waals surface area contributed by atoms with E-state index in [2.05, 4.69) is 15.6 Å². The fourth-order valence-electron chi connectivity index (χ4n) is 3.49. The molecule has 3 amide bonds. The Balaban J connectivity index is 2.21. The lowest BCUT2D eigenvalue weighted by Crippen LogP contribution is -2.56. The van der Waals surface area contributed by atoms with Crippen LogP contribution in [-0.2, 0) is 29.9 Å². The van der Waals surface area contributed by atoms with Crippen LogP contribution in [0.2, 0.25) is 0 Å². The van der Waals surface area contributed by atoms with Crippen molar-refractivity contribution in [2.75, 3.05) is 5.75 Å². The maximum absolute atomic E-state index is 13.2. The lowest BCUT2D eigenvalue weighted by Gasteiger charge is -2.26. The topological polar surface area (TPSA) is 177 Å². The van der Waals surface area contributed by atoms with Crippen molar-refractivity contribution in [3.63, 3.8) is 0 Å². The van der Waals surface area contributed by atoms with Crippen LogP contribution in [0.25, 0.3) is 0 Å². The third-order valence-electron chi connectivity index (χ3n) is 5.36. The van der Waals surface area contributed by atoms with Crippen LogP contribution in [0.3, 0.4) is 0 Å². The van der Waals surface area contributed by atoms with Crippen molar-refractivity contribution < 1.29 is 32.6 Å². The first kappa shape index (κ1) is 31.4. The Bertz CT molecular complexity index is 1260. The molecule has 0 aliphatic heterocycles. The zero-order valence-corrected chi connectivity index (χ0v) is 23.3. The first-order chi connectivity index (χ1) is 18.2. The molecule has 0 bridgehead atoms. The normalized spacial score (nSPS) is 14.5. The number of nitrogens with two attached hydrogens (primary N) is 1. The molecular weight excluding hydrogens is 524 g/mol. The molecule has 5 N–H and O–H groups in total. The highest BCUT2D eigenvalue weighted by Crippen LogP contribution is 2.11. The van der Waals surface area contributed by atoms with Crippen LogP contribution >= 0.6 is 0 Å². The lowest BCUT2D eigenvalue weighted by molar-refractivity contribution is -0.129. The van der Waals surface area contributed by atoms with Gasteiger partial charge in [-0.25, -0.2) is 13.2 Å². The first-order valence-electron chi connectivity index (χ1n) is 12.4. The summed E-state index contributed by atoms with van der Waals surface area (Å²) in [6.45, 7) is 6.45. The Kier molecular flexibility index (Phi) is 11.2. The van der Waals surface area contributed by atoms with Gasteiger partial charge in [-0.1, -0.05) is 67.6 Å². The number of aliphatic hydroxyl groups is 1. The number of alkyl carbamates (subject to hydrolysis) is 1. The number of benzene rings is 2. The summed E-state index contributed by atoms with van der Waals surface area (Å²) in [5, 5.41) is 15.4. The second-order valence-electron chi connectivity index (χ2n) is 9.91. The van der Waals surface area contributed by atoms with Gasteiger partial charge in [-0.3, -0.25) is 9.59 Å². The maximum atomic E-state index is 13.2. The second kappa shape index (κ2) is 13.9. The predicted octanol–water partition coefficient (Wildman–Crippen LogP) is 1.68. The molecule has 0 heterocycles. The van der Waals surface area contributed by atoms with E-state index in [1.807, 2.05) is 0 Å². The molecule has 2 rings (SSSR count). The fourth-order valence-corrected chi connectivity index (χ4v) is 5.05. The molecule has 0 aliphatic rings. The Morgan fingerprint density at radius 2 is 1.56 bits per heavy atom. The molecule has 0 spiro atoms. The second-order valence-corrected chi connectivity index (χ2v) is 12.0. The van der Waals surface area contributed by atoms with Crippen molar-refractivity contribution in [3.05, 3.63) is 71.8 Å². The largest absolute Gasteiger partial charge is 0.444 e. The summed E-state index contributed by atoms with van der Waals surface area (Å²) in [4.78, 5) is 41.9. The highest BCUT2D eigenvalue weighted by atomic mass is 32.2. The Hall–Kier alpha value is -3.77. The lowest BCUT2D eigenvalue weighted by atomic mass is 10.1. The van der Waals surface area contributed by atoms with Gasteiger partial charge in [0.2, 0.25) is 5.91 Å². The fraction of sp³-hybridized carbons (Fsp3) is 0.407. The van der Waals surface area contributed by atoms with E-state index in [1.54, 1.807) is 88.4 Å². The number of rotatable bonds is 11. The summed E-state index contributed by atoms with van der Waals surface area (Å²) >= 11 is 0. The number of amides is 3. The van der Waals surface area contributed by atoms with Crippen molar-refractivity contribution in [2.45, 2.75) is 63.7 Å². The van der Waals surface area contributed by atoms with Crippen LogP contribution in [0.15, 0.2) is 65.7 Å². The molecule has 2 unspecified atom stereocenters. The summed E-state index contributed by atoms with van der Waals surface area (Å²) in [5.41, 5.74) is 5.94. The average Bonchev–Trinajstić information content (AvgIpc) is 2.85. The van der Waals surface area contributed by atoms with Crippen molar-refractivity contribution in [2.24, 2.45) is 10.7 Å². The number of aliphatic imine (C=N–C) groups is 1. The highest BCUT2D eigenvalue weighted by molar-refractivity contribution is 7.90. The van der Waals surface area contributed by atoms with Gasteiger partial charge in [0.25, 0.3) is 5.91 Å². The van der Waals surface area contributed by atoms with Gasteiger partial charge in [0.1, 0.15) is 17.5 Å². The van der Waals surface area contributed by atoms with Crippen LogP contribution in [-0.4, -0.2) is 66.8 Å². The minimum Gasteiger partial charge on any atom is -0.444 e. The minimum absolute atomic E-state index is 0.0926. The van der Waals surface area contributed by atoms with Gasteiger partial charge in [0.05, 0.1) is 17.5 Å². The number of sulfone groups is 1. The Morgan fingerprint density at radius 1 is 1.00 bits per heavy atom. The van der Waals surface area contributed by atoms with Gasteiger partial charge in [-0.15, -0.1) is 0 Å². The zero-order chi connectivity index (χ0) is 29.2. The van der Waals surface area contributed by atoms with Crippen LogP contribution in [0, 0.1) is 0 Å². The number of amidine groups is 1. The molecule has 0 aromatic heterocycles. The van der Waals surface area contributed by atoms with E-state index < -0.39 is 57.3 Å². The number of ether oxygens (including phenoxy) is 1. The number of carbonyl (C=O) groups excluding carboxylic acids is 3. The van der Waals surface area contributed by atoms with Crippen LogP contribution in [0.5, 0.6) is 0 Å². The Labute approximate surface area is 228 Å². The molecular formula is C27H36N4O7S. The number of hydrogen-bond donors (Lipinski definition) is 4. The van der Waals surface area contributed by atoms with E-state index in [-0.39, 0.29) is 18.0 Å². The third kappa shape index (κ3) is 10.9. The van der Waals surface area contributed by atoms with Crippen molar-refractivity contribution >= 4 is 33.6 Å². The van der Waals surface area contributed by atoms with E-state index in [0.717, 1.165) is 0 Å². The number of aliphatic hydroxyl groups excluding tert-OH is 1. The van der Waals surface area contributed by atoms with Crippen LogP contribution in [0.4, 0.5) is 4.79 Å². The molecule has 212 valence electrons. The average molecular weight is 561 g/mol. The SMILES string of the molecule is CCC(NC(=O)[C@H](CS(=O)(=O)Cc1ccccc1)NC(=O)OC(C)(C)C)C(O)C(=O)N=C(N)c1ccccc1. The predicted molar refractivity (Wildman–Crippen MR) is 147 cm³/mol. The maximum Gasteiger partial charge on any atom is 0.408 e. The van der Waals surface area contributed by atoms with E-state index >= 15 is 0 Å². The quantitative estimate of drug-likeness (QED) is 0.237. The van der Waals surface area contributed by atoms with Gasteiger partial charge < -0.3 is 26.2 Å². The summed E-state index contributed by atoms with van der Waals surface area (Å²) in [6.07, 6.45) is -2.68. The first-order valence-corrected chi connectivity index (χ1v) is 14.2. The van der Waals surface area contributed by atoms with E-state index in [1.165, 1.54) is 0 Å². The van der Waals surface area contributed by atoms with Gasteiger partial charge in [0, 0.05) is 5.56 Å². The molecule has 11 nitrogen and oxygen atoms in total. The van der Waals surface area contributed by atoms with Crippen LogP contribution < -0.4 is 16.4 Å². The molecule has 12 heteroatoms. The summed E-state index contributed by atoms with van der Waals surface area (Å²) in [7, 11) is -3.89. The summed E-state index contributed by atoms with van der Waals surface area (Å²) in [5.74, 6) is -3.13.